The number of unbranched alkanes of at least 4 members (excludes halogenated alkanes) is 2. The van der Waals surface area contributed by atoms with Gasteiger partial charge in [0.25, 0.3) is 0 Å². The molecule has 0 radical (unpaired) electrons. The van der Waals surface area contributed by atoms with Crippen molar-refractivity contribution in [3.8, 4) is 0 Å². The lowest BCUT2D eigenvalue weighted by Crippen LogP contribution is -2.47. The van der Waals surface area contributed by atoms with Crippen molar-refractivity contribution in [2.75, 3.05) is 36.0 Å². The summed E-state index contributed by atoms with van der Waals surface area (Å²) in [6, 6.07) is 7.12. The zero-order valence-electron chi connectivity index (χ0n) is 26.9. The summed E-state index contributed by atoms with van der Waals surface area (Å²) in [4.78, 5) is 18.4. The molecule has 0 bridgehead atoms. The first-order valence-corrected chi connectivity index (χ1v) is 16.3. The van der Waals surface area contributed by atoms with Gasteiger partial charge in [0.15, 0.2) is 0 Å². The van der Waals surface area contributed by atoms with E-state index in [4.69, 9.17) is 5.73 Å². The van der Waals surface area contributed by atoms with Gasteiger partial charge in [0.2, 0.25) is 5.91 Å². The summed E-state index contributed by atoms with van der Waals surface area (Å²) >= 11 is 0. The topological polar surface area (TPSA) is 61.6 Å². The van der Waals surface area contributed by atoms with E-state index in [9.17, 15) is 4.79 Å². The first kappa shape index (κ1) is 32.5. The van der Waals surface area contributed by atoms with Gasteiger partial charge < -0.3 is 20.9 Å². The van der Waals surface area contributed by atoms with Crippen LogP contribution in [0.15, 0.2) is 30.5 Å². The van der Waals surface area contributed by atoms with Crippen LogP contribution in [0.4, 0.5) is 11.4 Å². The van der Waals surface area contributed by atoms with Crippen molar-refractivity contribution in [1.29, 1.82) is 0 Å². The number of fused-ring (bicyclic) bond motifs is 1. The van der Waals surface area contributed by atoms with Gasteiger partial charge in [-0.05, 0) is 73.5 Å². The van der Waals surface area contributed by atoms with E-state index >= 15 is 0 Å². The lowest BCUT2D eigenvalue weighted by Gasteiger charge is -2.42. The van der Waals surface area contributed by atoms with Crippen molar-refractivity contribution >= 4 is 17.3 Å². The Bertz CT molecular complexity index is 966. The van der Waals surface area contributed by atoms with Crippen LogP contribution in [0.25, 0.3) is 0 Å². The SMILES string of the molecule is C=C(N)[C@@H]1CNC[C@H](C(=O)N(c2ccc3c(c2)N(CCCCC)CC(C)(C)C3)C2CC2)C1.CC[C@H](C)CC(C)C. The number of rotatable bonds is 11. The van der Waals surface area contributed by atoms with Crippen LogP contribution >= 0.6 is 0 Å². The van der Waals surface area contributed by atoms with E-state index in [0.717, 1.165) is 69.4 Å². The molecule has 2 fully saturated rings. The van der Waals surface area contributed by atoms with Gasteiger partial charge in [-0.25, -0.2) is 0 Å². The predicted octanol–water partition coefficient (Wildman–Crippen LogP) is 7.54. The third-order valence-corrected chi connectivity index (χ3v) is 8.95. The normalized spacial score (nSPS) is 22.6. The van der Waals surface area contributed by atoms with Crippen molar-refractivity contribution in [2.45, 2.75) is 112 Å². The number of hydrogen-bond donors (Lipinski definition) is 2. The molecule has 3 aliphatic rings. The van der Waals surface area contributed by atoms with Gasteiger partial charge in [0.1, 0.15) is 0 Å². The van der Waals surface area contributed by atoms with Gasteiger partial charge in [-0.15, -0.1) is 0 Å². The Kier molecular flexibility index (Phi) is 12.0. The second-order valence-electron chi connectivity index (χ2n) is 14.2. The highest BCUT2D eigenvalue weighted by molar-refractivity contribution is 5.97. The molecule has 226 valence electrons. The Morgan fingerprint density at radius 2 is 1.85 bits per heavy atom. The molecule has 0 aromatic heterocycles. The molecular weight excluding hydrogens is 492 g/mol. The lowest BCUT2D eigenvalue weighted by atomic mass is 9.81. The molecule has 3 N–H and O–H groups in total. The van der Waals surface area contributed by atoms with Crippen molar-refractivity contribution in [3.05, 3.63) is 36.0 Å². The van der Waals surface area contributed by atoms with E-state index in [0.29, 0.717) is 11.7 Å². The monoisotopic (exact) mass is 552 g/mol. The highest BCUT2D eigenvalue weighted by atomic mass is 16.2. The molecule has 1 aromatic carbocycles. The molecule has 3 atom stereocenters. The summed E-state index contributed by atoms with van der Waals surface area (Å²) in [7, 11) is 0. The molecule has 1 aliphatic carbocycles. The van der Waals surface area contributed by atoms with E-state index < -0.39 is 0 Å². The Morgan fingerprint density at radius 3 is 2.42 bits per heavy atom. The average Bonchev–Trinajstić information content (AvgIpc) is 3.73. The number of carbonyl (C=O) groups is 1. The molecule has 5 heteroatoms. The minimum absolute atomic E-state index is 0.0368. The Morgan fingerprint density at radius 1 is 1.15 bits per heavy atom. The number of nitrogens with one attached hydrogen (secondary N) is 1. The third kappa shape index (κ3) is 9.26. The summed E-state index contributed by atoms with van der Waals surface area (Å²) < 4.78 is 0. The molecule has 40 heavy (non-hydrogen) atoms. The summed E-state index contributed by atoms with van der Waals surface area (Å²) in [5.74, 6) is 2.20. The summed E-state index contributed by atoms with van der Waals surface area (Å²) in [5, 5.41) is 3.41. The fraction of sp³-hybridized carbons (Fsp3) is 0.743. The maximum Gasteiger partial charge on any atom is 0.231 e. The Hall–Kier alpha value is -2.01. The molecule has 2 aliphatic heterocycles. The molecule has 1 saturated carbocycles. The molecule has 4 rings (SSSR count). The van der Waals surface area contributed by atoms with Gasteiger partial charge in [0, 0.05) is 55.2 Å². The third-order valence-electron chi connectivity index (χ3n) is 8.95. The predicted molar refractivity (Wildman–Crippen MR) is 173 cm³/mol. The van der Waals surface area contributed by atoms with E-state index in [1.165, 1.54) is 43.4 Å². The van der Waals surface area contributed by atoms with Crippen LogP contribution in [0.5, 0.6) is 0 Å². The minimum Gasteiger partial charge on any atom is -0.402 e. The first-order chi connectivity index (χ1) is 19.0. The van der Waals surface area contributed by atoms with Gasteiger partial charge in [-0.2, -0.15) is 0 Å². The average molecular weight is 553 g/mol. The summed E-state index contributed by atoms with van der Waals surface area (Å²) in [5.41, 5.74) is 10.8. The van der Waals surface area contributed by atoms with Crippen LogP contribution in [0, 0.1) is 29.1 Å². The first-order valence-electron chi connectivity index (χ1n) is 16.3. The van der Waals surface area contributed by atoms with Crippen LogP contribution < -0.4 is 20.9 Å². The van der Waals surface area contributed by atoms with Gasteiger partial charge >= 0.3 is 0 Å². The summed E-state index contributed by atoms with van der Waals surface area (Å²) in [6.07, 6.45) is 10.5. The molecule has 5 nitrogen and oxygen atoms in total. The minimum atomic E-state index is -0.0368. The number of carbonyl (C=O) groups excluding carboxylic acids is 1. The number of amides is 1. The standard InChI is InChI=1S/C27H42N4O.C8H18/c1-5-6-7-12-30-18-27(3,4)15-20-8-9-24(14-25(20)30)31(23-10-11-23)26(32)22-13-21(19(2)28)16-29-17-22;1-5-8(4)6-7(2)3/h8-9,14,21-23,29H,2,5-7,10-13,15-18,28H2,1,3-4H3;7-8H,5-6H2,1-4H3/t21-,22+;8-/m00/s1. The van der Waals surface area contributed by atoms with Gasteiger partial charge in [-0.1, -0.05) is 80.4 Å². The molecular formula is C35H60N4O. The maximum atomic E-state index is 13.7. The van der Waals surface area contributed by atoms with Gasteiger partial charge in [-0.3, -0.25) is 4.79 Å². The zero-order chi connectivity index (χ0) is 29.4. The Labute approximate surface area is 246 Å². The van der Waals surface area contributed by atoms with E-state index in [1.807, 2.05) is 0 Å². The number of anilines is 2. The smallest absolute Gasteiger partial charge is 0.231 e. The fourth-order valence-corrected chi connectivity index (χ4v) is 6.50. The van der Waals surface area contributed by atoms with E-state index in [2.05, 4.69) is 88.4 Å². The molecule has 0 unspecified atom stereocenters. The number of nitrogens with zero attached hydrogens (tertiary/aromatic N) is 2. The zero-order valence-corrected chi connectivity index (χ0v) is 26.9. The van der Waals surface area contributed by atoms with Crippen LogP contribution in [0.1, 0.15) is 105 Å². The second-order valence-corrected chi connectivity index (χ2v) is 14.2. The van der Waals surface area contributed by atoms with Crippen LogP contribution in [0.3, 0.4) is 0 Å². The second kappa shape index (κ2) is 14.8. The number of piperidine rings is 1. The molecule has 1 saturated heterocycles. The highest BCUT2D eigenvalue weighted by Crippen LogP contribution is 2.41. The van der Waals surface area contributed by atoms with Crippen LogP contribution in [-0.4, -0.2) is 38.1 Å². The quantitative estimate of drug-likeness (QED) is 0.278. The van der Waals surface area contributed by atoms with Crippen molar-refractivity contribution in [1.82, 2.24) is 5.32 Å². The van der Waals surface area contributed by atoms with Crippen LogP contribution in [0.2, 0.25) is 0 Å². The summed E-state index contributed by atoms with van der Waals surface area (Å²) in [6.45, 7) is 23.8. The lowest BCUT2D eigenvalue weighted by molar-refractivity contribution is -0.123. The Balaban J connectivity index is 0.000000482. The van der Waals surface area contributed by atoms with Gasteiger partial charge in [0.05, 0.1) is 5.92 Å². The largest absolute Gasteiger partial charge is 0.402 e. The van der Waals surface area contributed by atoms with Crippen molar-refractivity contribution in [2.24, 2.45) is 34.8 Å². The van der Waals surface area contributed by atoms with E-state index in [-0.39, 0.29) is 23.2 Å². The van der Waals surface area contributed by atoms with Crippen LogP contribution in [-0.2, 0) is 11.2 Å². The molecule has 0 spiro atoms. The number of benzene rings is 1. The van der Waals surface area contributed by atoms with Crippen molar-refractivity contribution in [3.63, 3.8) is 0 Å². The van der Waals surface area contributed by atoms with Crippen molar-refractivity contribution < 1.29 is 4.79 Å². The molecule has 1 aromatic rings. The van der Waals surface area contributed by atoms with E-state index in [1.54, 1.807) is 0 Å². The fourth-order valence-electron chi connectivity index (χ4n) is 6.50. The maximum absolute atomic E-state index is 13.7. The number of hydrogen-bond acceptors (Lipinski definition) is 4. The molecule has 2 heterocycles. The number of nitrogens with two attached hydrogens (primary N) is 1. The highest BCUT2D eigenvalue weighted by Gasteiger charge is 2.39. The molecule has 1 amide bonds.